The van der Waals surface area contributed by atoms with Gasteiger partial charge in [0.05, 0.1) is 43.3 Å². The van der Waals surface area contributed by atoms with Crippen LogP contribution in [0, 0.1) is 0 Å². The Kier molecular flexibility index (Phi) is 7.28. The minimum Gasteiger partial charge on any atom is -0.481 e. The number of carboxylic acid groups (broad SMARTS) is 5. The summed E-state index contributed by atoms with van der Waals surface area (Å²) >= 11 is 0. The van der Waals surface area contributed by atoms with Gasteiger partial charge in [0.15, 0.2) is 0 Å². The highest BCUT2D eigenvalue weighted by molar-refractivity contribution is 5.79. The molecule has 0 aromatic carbocycles. The number of rotatable bonds is 12. The molecule has 0 aliphatic carbocycles. The van der Waals surface area contributed by atoms with E-state index in [1.165, 1.54) is 0 Å². The Labute approximate surface area is 134 Å². The molecule has 0 heterocycles. The minimum absolute atomic E-state index is 0.946. The summed E-state index contributed by atoms with van der Waals surface area (Å²) in [5.74, 6) is -7.92. The fourth-order valence-corrected chi connectivity index (χ4v) is 2.42. The lowest BCUT2D eigenvalue weighted by Crippen LogP contribution is -2.71. The second-order valence-electron chi connectivity index (χ2n) is 5.27. The number of hydrogen-bond acceptors (Lipinski definition) is 7. The Morgan fingerprint density at radius 3 is 1.25 bits per heavy atom. The smallest absolute Gasteiger partial charge is 0.317 e. The number of carboxylic acids is 5. The standard InChI is InChI=1S/C12H18N2O10/c13-11(1-6(15)16,2-7(17)18)12(3-8(19)20,4-9(21)22)14-5-10(23)24/h14H,1-5,13H2,(H,15,16)(H,17,18)(H,19,20)(H,21,22)(H,23,24). The van der Waals surface area contributed by atoms with Gasteiger partial charge in [0.25, 0.3) is 0 Å². The van der Waals surface area contributed by atoms with E-state index < -0.39 is 73.2 Å². The average Bonchev–Trinajstić information content (AvgIpc) is 2.32. The zero-order chi connectivity index (χ0) is 19.1. The van der Waals surface area contributed by atoms with Crippen molar-refractivity contribution in [1.82, 2.24) is 5.32 Å². The lowest BCUT2D eigenvalue weighted by Gasteiger charge is -2.46. The highest BCUT2D eigenvalue weighted by Gasteiger charge is 2.53. The van der Waals surface area contributed by atoms with Crippen molar-refractivity contribution < 1.29 is 49.5 Å². The molecule has 0 spiro atoms. The van der Waals surface area contributed by atoms with Crippen LogP contribution in [0.15, 0.2) is 0 Å². The number of nitrogens with two attached hydrogens (primary N) is 1. The molecule has 0 saturated carbocycles. The molecule has 8 N–H and O–H groups in total. The van der Waals surface area contributed by atoms with E-state index in [1.807, 2.05) is 0 Å². The van der Waals surface area contributed by atoms with E-state index in [0.29, 0.717) is 0 Å². The summed E-state index contributed by atoms with van der Waals surface area (Å²) in [5.41, 5.74) is 1.12. The highest BCUT2D eigenvalue weighted by Crippen LogP contribution is 2.34. The Balaban J connectivity index is 6.21. The molecule has 24 heavy (non-hydrogen) atoms. The first kappa shape index (κ1) is 21.3. The minimum atomic E-state index is -2.38. The van der Waals surface area contributed by atoms with E-state index in [4.69, 9.17) is 31.3 Å². The topological polar surface area (TPSA) is 225 Å². The first-order valence-electron chi connectivity index (χ1n) is 6.46. The van der Waals surface area contributed by atoms with Crippen LogP contribution in [0.4, 0.5) is 0 Å². The molecule has 0 fully saturated rings. The molecule has 0 atom stereocenters. The molecular formula is C12H18N2O10. The molecule has 0 unspecified atom stereocenters. The second-order valence-corrected chi connectivity index (χ2v) is 5.27. The maximum absolute atomic E-state index is 11.1. The number of hydrogen-bond donors (Lipinski definition) is 7. The third kappa shape index (κ3) is 6.18. The Morgan fingerprint density at radius 1 is 0.667 bits per heavy atom. The van der Waals surface area contributed by atoms with Crippen LogP contribution < -0.4 is 11.1 Å². The van der Waals surface area contributed by atoms with Crippen molar-refractivity contribution in [3.05, 3.63) is 0 Å². The Hall–Kier alpha value is -2.73. The van der Waals surface area contributed by atoms with Crippen molar-refractivity contribution in [3.63, 3.8) is 0 Å². The van der Waals surface area contributed by atoms with Gasteiger partial charge in [0.2, 0.25) is 0 Å². The zero-order valence-corrected chi connectivity index (χ0v) is 12.4. The van der Waals surface area contributed by atoms with E-state index in [9.17, 15) is 24.0 Å². The summed E-state index contributed by atoms with van der Waals surface area (Å²) < 4.78 is 0. The SMILES string of the molecule is NC(CC(=O)O)(CC(=O)O)C(CC(=O)O)(CC(=O)O)NCC(=O)O. The number of carbonyl (C=O) groups is 5. The lowest BCUT2D eigenvalue weighted by molar-refractivity contribution is -0.152. The first-order valence-corrected chi connectivity index (χ1v) is 6.46. The van der Waals surface area contributed by atoms with Crippen molar-refractivity contribution in [3.8, 4) is 0 Å². The summed E-state index contributed by atoms with van der Waals surface area (Å²) in [5, 5.41) is 46.9. The van der Waals surface area contributed by atoms with Gasteiger partial charge in [-0.1, -0.05) is 0 Å². The molecule has 0 aromatic heterocycles. The van der Waals surface area contributed by atoms with Crippen LogP contribution in [-0.4, -0.2) is 73.0 Å². The Bertz CT molecular complexity index is 512. The van der Waals surface area contributed by atoms with E-state index in [-0.39, 0.29) is 0 Å². The Morgan fingerprint density at radius 2 is 1.00 bits per heavy atom. The third-order valence-electron chi connectivity index (χ3n) is 3.37. The maximum Gasteiger partial charge on any atom is 0.317 e. The van der Waals surface area contributed by atoms with E-state index in [2.05, 4.69) is 5.32 Å². The number of nitrogens with one attached hydrogen (secondary N) is 1. The van der Waals surface area contributed by atoms with Crippen molar-refractivity contribution in [2.45, 2.75) is 36.8 Å². The molecular weight excluding hydrogens is 332 g/mol. The van der Waals surface area contributed by atoms with Gasteiger partial charge in [-0.2, -0.15) is 0 Å². The molecule has 0 radical (unpaired) electrons. The van der Waals surface area contributed by atoms with Crippen LogP contribution in [0.5, 0.6) is 0 Å². The van der Waals surface area contributed by atoms with Crippen LogP contribution in [0.3, 0.4) is 0 Å². The summed E-state index contributed by atoms with van der Waals surface area (Å²) in [7, 11) is 0. The van der Waals surface area contributed by atoms with Gasteiger partial charge in [0, 0.05) is 0 Å². The van der Waals surface area contributed by atoms with Gasteiger partial charge < -0.3 is 31.3 Å². The normalized spacial score (nSPS) is 11.7. The van der Waals surface area contributed by atoms with Gasteiger partial charge in [0.1, 0.15) is 0 Å². The van der Waals surface area contributed by atoms with Crippen LogP contribution in [-0.2, 0) is 24.0 Å². The van der Waals surface area contributed by atoms with Crippen LogP contribution in [0.2, 0.25) is 0 Å². The van der Waals surface area contributed by atoms with E-state index in [0.717, 1.165) is 0 Å². The van der Waals surface area contributed by atoms with Crippen LogP contribution >= 0.6 is 0 Å². The third-order valence-corrected chi connectivity index (χ3v) is 3.37. The first-order chi connectivity index (χ1) is 10.8. The molecule has 0 aliphatic heterocycles. The van der Waals surface area contributed by atoms with Gasteiger partial charge in [-0.15, -0.1) is 0 Å². The molecule has 12 nitrogen and oxygen atoms in total. The molecule has 0 rings (SSSR count). The van der Waals surface area contributed by atoms with Gasteiger partial charge in [-0.05, 0) is 0 Å². The average molecular weight is 350 g/mol. The van der Waals surface area contributed by atoms with Gasteiger partial charge >= 0.3 is 29.8 Å². The van der Waals surface area contributed by atoms with Crippen molar-refractivity contribution >= 4 is 29.8 Å². The predicted molar refractivity (Wildman–Crippen MR) is 74.3 cm³/mol. The van der Waals surface area contributed by atoms with E-state index >= 15 is 0 Å². The quantitative estimate of drug-likeness (QED) is 0.203. The van der Waals surface area contributed by atoms with Crippen LogP contribution in [0.1, 0.15) is 25.7 Å². The molecule has 0 aliphatic rings. The highest BCUT2D eigenvalue weighted by atomic mass is 16.4. The molecule has 0 aromatic rings. The summed E-state index contributed by atoms with van der Waals surface area (Å²) in [6, 6.07) is 0. The van der Waals surface area contributed by atoms with Gasteiger partial charge in [-0.25, -0.2) is 0 Å². The molecule has 0 saturated heterocycles. The predicted octanol–water partition coefficient (Wildman–Crippen LogP) is -2.00. The fourth-order valence-electron chi connectivity index (χ4n) is 2.42. The molecule has 0 amide bonds. The van der Waals surface area contributed by atoms with Crippen LogP contribution in [0.25, 0.3) is 0 Å². The molecule has 0 bridgehead atoms. The maximum atomic E-state index is 11.1. The van der Waals surface area contributed by atoms with Crippen molar-refractivity contribution in [2.24, 2.45) is 5.73 Å². The summed E-state index contributed by atoms with van der Waals surface area (Å²) in [6.07, 6.45) is -4.37. The van der Waals surface area contributed by atoms with Gasteiger partial charge in [-0.3, -0.25) is 29.3 Å². The monoisotopic (exact) mass is 350 g/mol. The van der Waals surface area contributed by atoms with E-state index in [1.54, 1.807) is 0 Å². The molecule has 136 valence electrons. The largest absolute Gasteiger partial charge is 0.481 e. The lowest BCUT2D eigenvalue weighted by atomic mass is 9.68. The zero-order valence-electron chi connectivity index (χ0n) is 12.4. The summed E-state index contributed by atoms with van der Waals surface area (Å²) in [4.78, 5) is 55.1. The summed E-state index contributed by atoms with van der Waals surface area (Å²) in [6.45, 7) is -0.946. The van der Waals surface area contributed by atoms with Crippen molar-refractivity contribution in [1.29, 1.82) is 0 Å². The fraction of sp³-hybridized carbons (Fsp3) is 0.583. The second kappa shape index (κ2) is 8.21. The number of aliphatic carboxylic acids is 5. The molecule has 12 heteroatoms. The van der Waals surface area contributed by atoms with Crippen molar-refractivity contribution in [2.75, 3.05) is 6.54 Å².